The van der Waals surface area contributed by atoms with Gasteiger partial charge in [0.2, 0.25) is 0 Å². The third-order valence-electron chi connectivity index (χ3n) is 2.68. The second-order valence-electron chi connectivity index (χ2n) is 4.57. The molecule has 0 aliphatic rings. The Morgan fingerprint density at radius 2 is 2.06 bits per heavy atom. The zero-order chi connectivity index (χ0) is 13.9. The molecule has 0 radical (unpaired) electrons. The highest BCUT2D eigenvalue weighted by molar-refractivity contribution is 7.80. The summed E-state index contributed by atoms with van der Waals surface area (Å²) in [6.07, 6.45) is 0. The van der Waals surface area contributed by atoms with Crippen molar-refractivity contribution in [1.29, 1.82) is 0 Å². The van der Waals surface area contributed by atoms with Gasteiger partial charge < -0.3 is 15.7 Å². The average molecular weight is 266 g/mol. The van der Waals surface area contributed by atoms with Crippen molar-refractivity contribution in [2.75, 3.05) is 4.90 Å². The number of thiocarbonyl (C=S) groups is 1. The van der Waals surface area contributed by atoms with Crippen LogP contribution in [0, 0.1) is 12.8 Å². The Labute approximate surface area is 112 Å². The molecule has 1 atom stereocenters. The van der Waals surface area contributed by atoms with Crippen LogP contribution in [0.15, 0.2) is 24.3 Å². The highest BCUT2D eigenvalue weighted by Gasteiger charge is 2.30. The monoisotopic (exact) mass is 266 g/mol. The van der Waals surface area contributed by atoms with Gasteiger partial charge >= 0.3 is 5.97 Å². The van der Waals surface area contributed by atoms with E-state index in [1.54, 1.807) is 0 Å². The number of hydrogen-bond acceptors (Lipinski definition) is 2. The van der Waals surface area contributed by atoms with Gasteiger partial charge in [-0.05, 0) is 42.8 Å². The summed E-state index contributed by atoms with van der Waals surface area (Å²) in [6, 6.07) is 6.72. The van der Waals surface area contributed by atoms with Crippen molar-refractivity contribution in [3.05, 3.63) is 29.8 Å². The second kappa shape index (κ2) is 5.82. The minimum Gasteiger partial charge on any atom is -0.480 e. The Morgan fingerprint density at radius 3 is 2.44 bits per heavy atom. The van der Waals surface area contributed by atoms with E-state index in [0.29, 0.717) is 5.69 Å². The summed E-state index contributed by atoms with van der Waals surface area (Å²) in [5, 5.41) is 9.41. The van der Waals surface area contributed by atoms with E-state index in [-0.39, 0.29) is 11.0 Å². The van der Waals surface area contributed by atoms with Crippen LogP contribution in [0.1, 0.15) is 19.4 Å². The highest BCUT2D eigenvalue weighted by atomic mass is 32.1. The van der Waals surface area contributed by atoms with Crippen LogP contribution in [0.4, 0.5) is 5.69 Å². The number of nitrogens with two attached hydrogens (primary N) is 1. The van der Waals surface area contributed by atoms with Crippen LogP contribution in [0.25, 0.3) is 0 Å². The largest absolute Gasteiger partial charge is 0.480 e. The molecular formula is C13H18N2O2S. The first-order valence-corrected chi connectivity index (χ1v) is 6.13. The van der Waals surface area contributed by atoms with Crippen molar-refractivity contribution in [2.45, 2.75) is 26.8 Å². The van der Waals surface area contributed by atoms with Gasteiger partial charge in [-0.1, -0.05) is 26.0 Å². The van der Waals surface area contributed by atoms with Gasteiger partial charge in [-0.2, -0.15) is 0 Å². The zero-order valence-corrected chi connectivity index (χ0v) is 11.6. The van der Waals surface area contributed by atoms with Crippen LogP contribution in [0.5, 0.6) is 0 Å². The molecule has 0 unspecified atom stereocenters. The number of hydrogen-bond donors (Lipinski definition) is 2. The van der Waals surface area contributed by atoms with E-state index in [1.807, 2.05) is 45.0 Å². The van der Waals surface area contributed by atoms with Crippen LogP contribution in [0.2, 0.25) is 0 Å². The molecule has 4 nitrogen and oxygen atoms in total. The van der Waals surface area contributed by atoms with E-state index in [4.69, 9.17) is 18.0 Å². The molecule has 0 amide bonds. The number of aliphatic carboxylic acids is 1. The van der Waals surface area contributed by atoms with Crippen molar-refractivity contribution >= 4 is 29.0 Å². The van der Waals surface area contributed by atoms with Gasteiger partial charge in [0.25, 0.3) is 0 Å². The summed E-state index contributed by atoms with van der Waals surface area (Å²) in [6.45, 7) is 5.60. The fourth-order valence-corrected chi connectivity index (χ4v) is 2.12. The molecule has 0 aromatic heterocycles. The fraction of sp³-hybridized carbons (Fsp3) is 0.385. The topological polar surface area (TPSA) is 66.6 Å². The lowest BCUT2D eigenvalue weighted by atomic mass is 10.0. The van der Waals surface area contributed by atoms with Gasteiger partial charge in [-0.3, -0.25) is 0 Å². The van der Waals surface area contributed by atoms with Crippen molar-refractivity contribution in [1.82, 2.24) is 0 Å². The molecule has 1 aromatic carbocycles. The Kier molecular flexibility index (Phi) is 4.67. The number of carboxylic acid groups (broad SMARTS) is 1. The molecule has 0 bridgehead atoms. The normalized spacial score (nSPS) is 12.2. The molecular weight excluding hydrogens is 248 g/mol. The molecule has 0 aliphatic carbocycles. The molecule has 0 saturated heterocycles. The first-order chi connectivity index (χ1) is 8.34. The predicted octanol–water partition coefficient (Wildman–Crippen LogP) is 2.15. The minimum absolute atomic E-state index is 0.0710. The van der Waals surface area contributed by atoms with Crippen LogP contribution >= 0.6 is 12.2 Å². The van der Waals surface area contributed by atoms with Gasteiger partial charge in [0.1, 0.15) is 6.04 Å². The van der Waals surface area contributed by atoms with Gasteiger partial charge in [0.15, 0.2) is 5.11 Å². The summed E-state index contributed by atoms with van der Waals surface area (Å²) >= 11 is 5.00. The number of rotatable bonds is 4. The lowest BCUT2D eigenvalue weighted by Crippen LogP contribution is -2.50. The van der Waals surface area contributed by atoms with E-state index < -0.39 is 12.0 Å². The average Bonchev–Trinajstić information content (AvgIpc) is 2.23. The van der Waals surface area contributed by atoms with Gasteiger partial charge in [0, 0.05) is 5.69 Å². The maximum absolute atomic E-state index is 11.4. The smallest absolute Gasteiger partial charge is 0.327 e. The maximum atomic E-state index is 11.4. The Balaban J connectivity index is 3.24. The molecule has 1 rings (SSSR count). The number of anilines is 1. The summed E-state index contributed by atoms with van der Waals surface area (Å²) < 4.78 is 0. The van der Waals surface area contributed by atoms with Crippen LogP contribution in [0.3, 0.4) is 0 Å². The summed E-state index contributed by atoms with van der Waals surface area (Å²) in [5.41, 5.74) is 7.43. The quantitative estimate of drug-likeness (QED) is 0.817. The SMILES string of the molecule is Cc1cccc(N(C(N)=S)[C@H](C(=O)O)C(C)C)c1. The predicted molar refractivity (Wildman–Crippen MR) is 76.7 cm³/mol. The summed E-state index contributed by atoms with van der Waals surface area (Å²) in [7, 11) is 0. The zero-order valence-electron chi connectivity index (χ0n) is 10.8. The van der Waals surface area contributed by atoms with Gasteiger partial charge in [-0.15, -0.1) is 0 Å². The Hall–Kier alpha value is -1.62. The molecule has 0 saturated carbocycles. The van der Waals surface area contributed by atoms with Gasteiger partial charge in [0.05, 0.1) is 0 Å². The molecule has 0 fully saturated rings. The highest BCUT2D eigenvalue weighted by Crippen LogP contribution is 2.22. The molecule has 98 valence electrons. The number of aryl methyl sites for hydroxylation is 1. The van der Waals surface area contributed by atoms with Crippen molar-refractivity contribution in [3.63, 3.8) is 0 Å². The molecule has 5 heteroatoms. The van der Waals surface area contributed by atoms with E-state index in [1.165, 1.54) is 4.90 Å². The third kappa shape index (κ3) is 3.20. The van der Waals surface area contributed by atoms with Crippen molar-refractivity contribution in [2.24, 2.45) is 11.7 Å². The molecule has 18 heavy (non-hydrogen) atoms. The number of carboxylic acids is 1. The van der Waals surface area contributed by atoms with E-state index in [9.17, 15) is 9.90 Å². The molecule has 3 N–H and O–H groups in total. The Bertz CT molecular complexity index is 460. The standard InChI is InChI=1S/C13H18N2O2S/c1-8(2)11(12(16)17)15(13(14)18)10-6-4-5-9(3)7-10/h4-8,11H,1-3H3,(H2,14,18)(H,16,17)/t11-/m0/s1. The number of benzene rings is 1. The van der Waals surface area contributed by atoms with Crippen LogP contribution in [-0.2, 0) is 4.79 Å². The molecule has 0 aliphatic heterocycles. The third-order valence-corrected chi connectivity index (χ3v) is 2.88. The molecule has 0 heterocycles. The molecule has 0 spiro atoms. The van der Waals surface area contributed by atoms with E-state index in [2.05, 4.69) is 0 Å². The van der Waals surface area contributed by atoms with Crippen molar-refractivity contribution in [3.8, 4) is 0 Å². The lowest BCUT2D eigenvalue weighted by molar-refractivity contribution is -0.139. The fourth-order valence-electron chi connectivity index (χ4n) is 1.90. The first-order valence-electron chi connectivity index (χ1n) is 5.72. The van der Waals surface area contributed by atoms with E-state index >= 15 is 0 Å². The lowest BCUT2D eigenvalue weighted by Gasteiger charge is -2.32. The second-order valence-corrected chi connectivity index (χ2v) is 4.99. The van der Waals surface area contributed by atoms with Crippen LogP contribution in [-0.4, -0.2) is 22.2 Å². The maximum Gasteiger partial charge on any atom is 0.327 e. The summed E-state index contributed by atoms with van der Waals surface area (Å²) in [4.78, 5) is 12.9. The molecule has 1 aromatic rings. The first kappa shape index (κ1) is 14.4. The van der Waals surface area contributed by atoms with E-state index in [0.717, 1.165) is 5.56 Å². The number of carbonyl (C=O) groups is 1. The number of nitrogens with zero attached hydrogens (tertiary/aromatic N) is 1. The van der Waals surface area contributed by atoms with Crippen molar-refractivity contribution < 1.29 is 9.90 Å². The minimum atomic E-state index is -0.931. The Morgan fingerprint density at radius 1 is 1.44 bits per heavy atom. The van der Waals surface area contributed by atoms with Crippen LogP contribution < -0.4 is 10.6 Å². The summed E-state index contributed by atoms with van der Waals surface area (Å²) in [5.74, 6) is -1.04. The van der Waals surface area contributed by atoms with Gasteiger partial charge in [-0.25, -0.2) is 4.79 Å².